The topological polar surface area (TPSA) is 72.5 Å². The molecule has 2 heterocycles. The van der Waals surface area contributed by atoms with Gasteiger partial charge in [0.25, 0.3) is 0 Å². The van der Waals surface area contributed by atoms with Crippen molar-refractivity contribution in [1.82, 2.24) is 19.7 Å². The Kier molecular flexibility index (Phi) is 1.77. The molecular weight excluding hydrogens is 202 g/mol. The molecule has 0 amide bonds. The van der Waals surface area contributed by atoms with Crippen LogP contribution in [0.4, 0.5) is 0 Å². The molecule has 5 heteroatoms. The van der Waals surface area contributed by atoms with E-state index in [0.717, 1.165) is 35.6 Å². The summed E-state index contributed by atoms with van der Waals surface area (Å²) in [4.78, 5) is 7.66. The Bertz CT molecular complexity index is 532. The number of hydrogen-bond donors (Lipinski definition) is 2. The van der Waals surface area contributed by atoms with E-state index in [1.807, 2.05) is 26.4 Å². The number of imidazole rings is 1. The zero-order valence-electron chi connectivity index (χ0n) is 9.49. The van der Waals surface area contributed by atoms with Crippen LogP contribution < -0.4 is 5.73 Å². The maximum Gasteiger partial charge on any atom is 0.126 e. The lowest BCUT2D eigenvalue weighted by Crippen LogP contribution is -2.20. The van der Waals surface area contributed by atoms with Crippen LogP contribution in [0.2, 0.25) is 0 Å². The molecule has 1 aliphatic rings. The Labute approximate surface area is 93.7 Å². The summed E-state index contributed by atoms with van der Waals surface area (Å²) in [5, 5.41) is 4.31. The van der Waals surface area contributed by atoms with Crippen LogP contribution in [0.25, 0.3) is 11.3 Å². The van der Waals surface area contributed by atoms with Gasteiger partial charge in [-0.25, -0.2) is 4.98 Å². The summed E-state index contributed by atoms with van der Waals surface area (Å²) in [6.07, 6.45) is 5.87. The smallest absolute Gasteiger partial charge is 0.126 e. The lowest BCUT2D eigenvalue weighted by molar-refractivity contribution is 0.685. The van der Waals surface area contributed by atoms with Gasteiger partial charge < -0.3 is 10.7 Å². The van der Waals surface area contributed by atoms with Crippen molar-refractivity contribution >= 4 is 0 Å². The largest absolute Gasteiger partial charge is 0.340 e. The van der Waals surface area contributed by atoms with Gasteiger partial charge in [0.2, 0.25) is 0 Å². The first-order valence-electron chi connectivity index (χ1n) is 5.43. The first kappa shape index (κ1) is 9.59. The predicted octanol–water partition coefficient (Wildman–Crippen LogP) is 1.07. The van der Waals surface area contributed by atoms with Crippen molar-refractivity contribution in [2.45, 2.75) is 25.3 Å². The van der Waals surface area contributed by atoms with Crippen LogP contribution in [0.5, 0.6) is 0 Å². The van der Waals surface area contributed by atoms with Crippen LogP contribution in [0, 0.1) is 6.92 Å². The first-order chi connectivity index (χ1) is 7.58. The SMILES string of the molecule is Cc1nn(C)cc1-c1cnc(C2(N)CC2)[nH]1. The zero-order chi connectivity index (χ0) is 11.3. The van der Waals surface area contributed by atoms with Gasteiger partial charge >= 0.3 is 0 Å². The highest BCUT2D eigenvalue weighted by Gasteiger charge is 2.42. The van der Waals surface area contributed by atoms with Crippen LogP contribution >= 0.6 is 0 Å². The van der Waals surface area contributed by atoms with Gasteiger partial charge in [0.1, 0.15) is 5.82 Å². The van der Waals surface area contributed by atoms with Gasteiger partial charge in [-0.3, -0.25) is 4.68 Å². The minimum atomic E-state index is -0.200. The molecular formula is C11H15N5. The summed E-state index contributed by atoms with van der Waals surface area (Å²) in [5.74, 6) is 0.894. The van der Waals surface area contributed by atoms with E-state index in [2.05, 4.69) is 15.1 Å². The zero-order valence-corrected chi connectivity index (χ0v) is 9.49. The van der Waals surface area contributed by atoms with Gasteiger partial charge in [-0.05, 0) is 19.8 Å². The second-order valence-electron chi connectivity index (χ2n) is 4.60. The fourth-order valence-electron chi connectivity index (χ4n) is 1.95. The highest BCUT2D eigenvalue weighted by Crippen LogP contribution is 2.41. The lowest BCUT2D eigenvalue weighted by Gasteiger charge is -2.02. The number of rotatable bonds is 2. The minimum absolute atomic E-state index is 0.200. The molecule has 0 bridgehead atoms. The van der Waals surface area contributed by atoms with Crippen molar-refractivity contribution in [2.75, 3.05) is 0 Å². The van der Waals surface area contributed by atoms with Gasteiger partial charge in [0.15, 0.2) is 0 Å². The van der Waals surface area contributed by atoms with Crippen molar-refractivity contribution in [3.8, 4) is 11.3 Å². The van der Waals surface area contributed by atoms with Crippen LogP contribution in [-0.2, 0) is 12.6 Å². The van der Waals surface area contributed by atoms with Crippen molar-refractivity contribution in [1.29, 1.82) is 0 Å². The van der Waals surface area contributed by atoms with Gasteiger partial charge in [-0.15, -0.1) is 0 Å². The maximum absolute atomic E-state index is 6.09. The molecule has 0 saturated heterocycles. The molecule has 0 atom stereocenters. The predicted molar refractivity (Wildman–Crippen MR) is 60.6 cm³/mol. The number of nitrogens with zero attached hydrogens (tertiary/aromatic N) is 3. The molecule has 1 saturated carbocycles. The fraction of sp³-hybridized carbons (Fsp3) is 0.455. The number of aryl methyl sites for hydroxylation is 2. The van der Waals surface area contributed by atoms with Crippen molar-refractivity contribution in [3.63, 3.8) is 0 Å². The fourth-order valence-corrected chi connectivity index (χ4v) is 1.95. The number of hydrogen-bond acceptors (Lipinski definition) is 3. The number of aromatic amines is 1. The van der Waals surface area contributed by atoms with E-state index in [1.54, 1.807) is 4.68 Å². The van der Waals surface area contributed by atoms with Gasteiger partial charge in [0.05, 0.1) is 23.1 Å². The normalized spacial score (nSPS) is 17.7. The Hall–Kier alpha value is -1.62. The van der Waals surface area contributed by atoms with Crippen molar-refractivity contribution < 1.29 is 0 Å². The van der Waals surface area contributed by atoms with E-state index in [9.17, 15) is 0 Å². The number of nitrogens with one attached hydrogen (secondary N) is 1. The maximum atomic E-state index is 6.09. The monoisotopic (exact) mass is 217 g/mol. The van der Waals surface area contributed by atoms with Crippen molar-refractivity contribution in [3.05, 3.63) is 23.9 Å². The molecule has 0 unspecified atom stereocenters. The molecule has 1 aliphatic carbocycles. The lowest BCUT2D eigenvalue weighted by atomic mass is 10.2. The standard InChI is InChI=1S/C11H15N5/c1-7-8(6-16(2)15-7)9-5-13-10(14-9)11(12)3-4-11/h5-6H,3-4,12H2,1-2H3,(H,13,14). The molecule has 0 spiro atoms. The third-order valence-electron chi connectivity index (χ3n) is 3.14. The average Bonchev–Trinajstić information content (AvgIpc) is 2.70. The quantitative estimate of drug-likeness (QED) is 0.790. The molecule has 1 fully saturated rings. The highest BCUT2D eigenvalue weighted by molar-refractivity contribution is 5.60. The summed E-state index contributed by atoms with van der Waals surface area (Å²) in [6.45, 7) is 1.99. The van der Waals surface area contributed by atoms with E-state index in [4.69, 9.17) is 5.73 Å². The number of aromatic nitrogens is 4. The van der Waals surface area contributed by atoms with Crippen LogP contribution in [0.3, 0.4) is 0 Å². The summed E-state index contributed by atoms with van der Waals surface area (Å²) in [5.41, 5.74) is 8.97. The van der Waals surface area contributed by atoms with Crippen LogP contribution in [0.15, 0.2) is 12.4 Å². The molecule has 84 valence electrons. The molecule has 0 radical (unpaired) electrons. The second-order valence-corrected chi connectivity index (χ2v) is 4.60. The van der Waals surface area contributed by atoms with E-state index < -0.39 is 0 Å². The van der Waals surface area contributed by atoms with Gasteiger partial charge in [-0.2, -0.15) is 5.10 Å². The summed E-state index contributed by atoms with van der Waals surface area (Å²) in [6, 6.07) is 0. The molecule has 5 nitrogen and oxygen atoms in total. The Morgan fingerprint density at radius 2 is 2.25 bits per heavy atom. The summed E-state index contributed by atoms with van der Waals surface area (Å²) >= 11 is 0. The number of H-pyrrole nitrogens is 1. The molecule has 3 N–H and O–H groups in total. The van der Waals surface area contributed by atoms with Crippen LogP contribution in [0.1, 0.15) is 24.4 Å². The van der Waals surface area contributed by atoms with Gasteiger partial charge in [-0.1, -0.05) is 0 Å². The van der Waals surface area contributed by atoms with E-state index >= 15 is 0 Å². The Morgan fingerprint density at radius 3 is 2.81 bits per heavy atom. The molecule has 2 aromatic rings. The minimum Gasteiger partial charge on any atom is -0.340 e. The number of nitrogens with two attached hydrogens (primary N) is 1. The van der Waals surface area contributed by atoms with Gasteiger partial charge in [0, 0.05) is 18.8 Å². The van der Waals surface area contributed by atoms with E-state index in [0.29, 0.717) is 0 Å². The third-order valence-corrected chi connectivity index (χ3v) is 3.14. The second kappa shape index (κ2) is 2.95. The van der Waals surface area contributed by atoms with Crippen molar-refractivity contribution in [2.24, 2.45) is 12.8 Å². The van der Waals surface area contributed by atoms with E-state index in [1.165, 1.54) is 0 Å². The van der Waals surface area contributed by atoms with E-state index in [-0.39, 0.29) is 5.54 Å². The first-order valence-corrected chi connectivity index (χ1v) is 5.43. The molecule has 16 heavy (non-hydrogen) atoms. The third kappa shape index (κ3) is 1.36. The Morgan fingerprint density at radius 1 is 1.50 bits per heavy atom. The Balaban J connectivity index is 2.01. The molecule has 0 aliphatic heterocycles. The highest BCUT2D eigenvalue weighted by atomic mass is 15.3. The average molecular weight is 217 g/mol. The molecule has 0 aromatic carbocycles. The molecule has 3 rings (SSSR count). The molecule has 2 aromatic heterocycles. The van der Waals surface area contributed by atoms with Crippen LogP contribution in [-0.4, -0.2) is 19.7 Å². The summed E-state index contributed by atoms with van der Waals surface area (Å²) in [7, 11) is 1.92. The summed E-state index contributed by atoms with van der Waals surface area (Å²) < 4.78 is 1.81.